The van der Waals surface area contributed by atoms with Gasteiger partial charge in [-0.1, -0.05) is 48.9 Å². The average Bonchev–Trinajstić information content (AvgIpc) is 3.52. The van der Waals surface area contributed by atoms with Gasteiger partial charge in [0.1, 0.15) is 17.7 Å². The minimum Gasteiger partial charge on any atom is -0.453 e. The molecular formula is C34H40F2N4O5S. The summed E-state index contributed by atoms with van der Waals surface area (Å²) in [6.45, 7) is 1.49. The zero-order valence-corrected chi connectivity index (χ0v) is 26.5. The van der Waals surface area contributed by atoms with Crippen molar-refractivity contribution < 1.29 is 31.5 Å². The fraction of sp³-hybridized carbons (Fsp3) is 0.412. The van der Waals surface area contributed by atoms with Crippen LogP contribution >= 0.6 is 0 Å². The number of amides is 2. The monoisotopic (exact) mass is 654 g/mol. The number of nitrogens with one attached hydrogen (secondary N) is 3. The summed E-state index contributed by atoms with van der Waals surface area (Å²) in [7, 11) is -2.46. The third-order valence-corrected chi connectivity index (χ3v) is 11.0. The van der Waals surface area contributed by atoms with E-state index in [4.69, 9.17) is 4.74 Å². The molecule has 46 heavy (non-hydrogen) atoms. The van der Waals surface area contributed by atoms with Crippen molar-refractivity contribution >= 4 is 22.0 Å². The highest BCUT2D eigenvalue weighted by atomic mass is 32.2. The van der Waals surface area contributed by atoms with Crippen LogP contribution in [0.5, 0.6) is 0 Å². The summed E-state index contributed by atoms with van der Waals surface area (Å²) in [6, 6.07) is 18.1. The van der Waals surface area contributed by atoms with E-state index in [0.29, 0.717) is 43.6 Å². The van der Waals surface area contributed by atoms with Crippen molar-refractivity contribution in [2.24, 2.45) is 5.92 Å². The molecule has 0 aromatic heterocycles. The maximum atomic E-state index is 14.0. The van der Waals surface area contributed by atoms with Crippen LogP contribution in [-0.4, -0.2) is 69.6 Å². The maximum absolute atomic E-state index is 14.0. The van der Waals surface area contributed by atoms with Gasteiger partial charge in [0.15, 0.2) is 0 Å². The predicted octanol–water partition coefficient (Wildman–Crippen LogP) is 4.55. The largest absolute Gasteiger partial charge is 0.453 e. The Morgan fingerprint density at radius 3 is 2.17 bits per heavy atom. The quantitative estimate of drug-likeness (QED) is 0.280. The van der Waals surface area contributed by atoms with Gasteiger partial charge in [0, 0.05) is 37.6 Å². The molecule has 3 aromatic carbocycles. The van der Waals surface area contributed by atoms with Gasteiger partial charge in [-0.05, 0) is 79.1 Å². The van der Waals surface area contributed by atoms with Crippen LogP contribution in [-0.2, 0) is 19.6 Å². The number of piperazine rings is 1. The van der Waals surface area contributed by atoms with Gasteiger partial charge in [-0.3, -0.25) is 4.79 Å². The van der Waals surface area contributed by atoms with Gasteiger partial charge in [-0.25, -0.2) is 22.0 Å². The standard InChI is InChI=1S/C34H40F2N4O5S/c1-45-34(42)39-32(31(24-10-15-26(35)16-11-24)25-12-17-27(36)18-13-25)33(41)38-30-9-5-6-23(30)14-19-28-22-37-20-21-40(28)46(43,44)29-7-3-2-4-8-29/h2-4,7-8,10-13,15-18,23,28,30-32,37H,5-6,9,14,19-22H2,1H3,(H,38,41)(H,39,42)/t23-,28-,30+,32-/m0/s1. The van der Waals surface area contributed by atoms with Crippen LogP contribution in [0.2, 0.25) is 0 Å². The van der Waals surface area contributed by atoms with Crippen LogP contribution in [0.4, 0.5) is 13.6 Å². The molecule has 0 radical (unpaired) electrons. The summed E-state index contributed by atoms with van der Waals surface area (Å²) >= 11 is 0. The number of ether oxygens (including phenoxy) is 1. The summed E-state index contributed by atoms with van der Waals surface area (Å²) in [5, 5.41) is 9.13. The van der Waals surface area contributed by atoms with E-state index >= 15 is 0 Å². The minimum absolute atomic E-state index is 0.0982. The Hall–Kier alpha value is -3.87. The fourth-order valence-corrected chi connectivity index (χ4v) is 8.36. The summed E-state index contributed by atoms with van der Waals surface area (Å²) < 4.78 is 61.1. The van der Waals surface area contributed by atoms with Gasteiger partial charge in [0.2, 0.25) is 15.9 Å². The molecule has 5 rings (SSSR count). The first-order valence-corrected chi connectivity index (χ1v) is 17.0. The van der Waals surface area contributed by atoms with E-state index in [-0.39, 0.29) is 22.9 Å². The summed E-state index contributed by atoms with van der Waals surface area (Å²) in [4.78, 5) is 26.8. The predicted molar refractivity (Wildman–Crippen MR) is 169 cm³/mol. The van der Waals surface area contributed by atoms with Gasteiger partial charge in [0.05, 0.1) is 12.0 Å². The molecule has 1 saturated heterocycles. The number of carbonyl (C=O) groups is 2. The van der Waals surface area contributed by atoms with Gasteiger partial charge >= 0.3 is 6.09 Å². The van der Waals surface area contributed by atoms with Crippen LogP contribution in [0.1, 0.15) is 49.1 Å². The topological polar surface area (TPSA) is 117 Å². The number of carbonyl (C=O) groups excluding carboxylic acids is 2. The van der Waals surface area contributed by atoms with Crippen molar-refractivity contribution in [3.63, 3.8) is 0 Å². The van der Waals surface area contributed by atoms with Crippen molar-refractivity contribution in [1.82, 2.24) is 20.3 Å². The highest BCUT2D eigenvalue weighted by molar-refractivity contribution is 7.89. The molecule has 2 aliphatic rings. The van der Waals surface area contributed by atoms with Crippen molar-refractivity contribution in [2.75, 3.05) is 26.7 Å². The molecule has 0 spiro atoms. The molecule has 4 atom stereocenters. The summed E-state index contributed by atoms with van der Waals surface area (Å²) in [5.74, 6) is -2.04. The van der Waals surface area contributed by atoms with E-state index in [1.54, 1.807) is 34.6 Å². The van der Waals surface area contributed by atoms with E-state index in [9.17, 15) is 26.8 Å². The van der Waals surface area contributed by atoms with Gasteiger partial charge in [0.25, 0.3) is 0 Å². The zero-order chi connectivity index (χ0) is 32.7. The number of alkyl carbamates (subject to hydrolysis) is 1. The molecule has 1 saturated carbocycles. The number of methoxy groups -OCH3 is 1. The average molecular weight is 655 g/mol. The van der Waals surface area contributed by atoms with E-state index in [2.05, 4.69) is 16.0 Å². The molecule has 1 aliphatic carbocycles. The number of hydrogen-bond donors (Lipinski definition) is 3. The van der Waals surface area contributed by atoms with Gasteiger partial charge in [-0.2, -0.15) is 4.31 Å². The lowest BCUT2D eigenvalue weighted by Gasteiger charge is -2.36. The van der Waals surface area contributed by atoms with Crippen LogP contribution in [0, 0.1) is 17.6 Å². The molecule has 3 aromatic rings. The molecule has 0 unspecified atom stereocenters. The van der Waals surface area contributed by atoms with Crippen LogP contribution < -0.4 is 16.0 Å². The molecule has 1 aliphatic heterocycles. The van der Waals surface area contributed by atoms with Crippen LogP contribution in [0.25, 0.3) is 0 Å². The number of halogens is 2. The Kier molecular flexibility index (Phi) is 11.0. The Morgan fingerprint density at radius 1 is 0.935 bits per heavy atom. The SMILES string of the molecule is COC(=O)N[C@H](C(=O)N[C@@H]1CCC[C@H]1CC[C@H]1CNCCN1S(=O)(=O)c1ccccc1)C(c1ccc(F)cc1)c1ccc(F)cc1. The first-order valence-electron chi connectivity index (χ1n) is 15.6. The van der Waals surface area contributed by atoms with Crippen molar-refractivity contribution in [2.45, 2.75) is 61.0 Å². The normalized spacial score (nSPS) is 21.1. The van der Waals surface area contributed by atoms with E-state index in [0.717, 1.165) is 19.3 Å². The third kappa shape index (κ3) is 7.91. The van der Waals surface area contributed by atoms with E-state index < -0.39 is 45.6 Å². The Labute approximate surface area is 268 Å². The number of sulfonamides is 1. The molecule has 0 bridgehead atoms. The Morgan fingerprint density at radius 2 is 1.57 bits per heavy atom. The van der Waals surface area contributed by atoms with Gasteiger partial charge < -0.3 is 20.7 Å². The summed E-state index contributed by atoms with van der Waals surface area (Å²) in [5.41, 5.74) is 1.11. The lowest BCUT2D eigenvalue weighted by atomic mass is 9.84. The first-order chi connectivity index (χ1) is 22.2. The van der Waals surface area contributed by atoms with Crippen molar-refractivity contribution in [3.05, 3.63) is 102 Å². The molecule has 2 amide bonds. The molecule has 12 heteroatoms. The lowest BCUT2D eigenvalue weighted by molar-refractivity contribution is -0.124. The molecular weight excluding hydrogens is 614 g/mol. The van der Waals surface area contributed by atoms with Gasteiger partial charge in [-0.15, -0.1) is 0 Å². The van der Waals surface area contributed by atoms with E-state index in [1.165, 1.54) is 55.6 Å². The lowest BCUT2D eigenvalue weighted by Crippen LogP contribution is -2.54. The molecule has 2 fully saturated rings. The van der Waals surface area contributed by atoms with Crippen LogP contribution in [0.3, 0.4) is 0 Å². The van der Waals surface area contributed by atoms with E-state index in [1.807, 2.05) is 0 Å². The molecule has 1 heterocycles. The molecule has 246 valence electrons. The number of benzene rings is 3. The second-order valence-corrected chi connectivity index (χ2v) is 13.8. The Balaban J connectivity index is 1.33. The maximum Gasteiger partial charge on any atom is 0.407 e. The molecule has 3 N–H and O–H groups in total. The number of hydrogen-bond acceptors (Lipinski definition) is 6. The highest BCUT2D eigenvalue weighted by Crippen LogP contribution is 2.34. The minimum atomic E-state index is -3.66. The second kappa shape index (κ2) is 15.1. The number of rotatable bonds is 11. The van der Waals surface area contributed by atoms with Crippen LogP contribution in [0.15, 0.2) is 83.8 Å². The number of nitrogens with zero attached hydrogens (tertiary/aromatic N) is 1. The zero-order valence-electron chi connectivity index (χ0n) is 25.7. The van der Waals surface area contributed by atoms with Crippen molar-refractivity contribution in [3.8, 4) is 0 Å². The second-order valence-electron chi connectivity index (χ2n) is 11.9. The third-order valence-electron chi connectivity index (χ3n) is 9.04. The Bertz CT molecular complexity index is 1530. The van der Waals surface area contributed by atoms with Crippen molar-refractivity contribution in [1.29, 1.82) is 0 Å². The smallest absolute Gasteiger partial charge is 0.407 e. The molecule has 9 nitrogen and oxygen atoms in total. The summed E-state index contributed by atoms with van der Waals surface area (Å²) in [6.07, 6.45) is 2.99. The fourth-order valence-electron chi connectivity index (χ4n) is 6.69. The highest BCUT2D eigenvalue weighted by Gasteiger charge is 2.38. The first kappa shape index (κ1) is 33.5.